The molecule has 1 N–H and O–H groups in total. The Bertz CT molecular complexity index is 418. The third-order valence-electron chi connectivity index (χ3n) is 2.54. The van der Waals surface area contributed by atoms with Gasteiger partial charge in [-0.2, -0.15) is 0 Å². The molecular formula is C14H19FO4. The number of unbranched alkanes of at least 4 members (excludes halogenated alkanes) is 1. The predicted molar refractivity (Wildman–Crippen MR) is 68.4 cm³/mol. The summed E-state index contributed by atoms with van der Waals surface area (Å²) in [6.07, 6.45) is 0.981. The molecule has 0 amide bonds. The number of esters is 1. The number of hydrogen-bond donors (Lipinski definition) is 1. The highest BCUT2D eigenvalue weighted by molar-refractivity contribution is 5.71. The summed E-state index contributed by atoms with van der Waals surface area (Å²) in [5.41, 5.74) is 0.454. The standard InChI is InChI=1S/C14H19FO4/c1-3-4-7-18-14(17)9-19-13-6-5-11(10(2)16)8-12(13)15/h5-6,8,10,16H,3-4,7,9H2,1-2H3/t10-/m1/s1. The summed E-state index contributed by atoms with van der Waals surface area (Å²) in [5.74, 6) is -1.16. The second kappa shape index (κ2) is 7.74. The van der Waals surface area contributed by atoms with Crippen LogP contribution in [0.5, 0.6) is 5.75 Å². The van der Waals surface area contributed by atoms with Gasteiger partial charge in [0.2, 0.25) is 0 Å². The second-order valence-corrected chi connectivity index (χ2v) is 4.23. The molecule has 0 saturated heterocycles. The number of aliphatic hydroxyl groups excluding tert-OH is 1. The van der Waals surface area contributed by atoms with Gasteiger partial charge in [0.15, 0.2) is 18.2 Å². The predicted octanol–water partition coefficient (Wildman–Crippen LogP) is 2.60. The van der Waals surface area contributed by atoms with Crippen molar-refractivity contribution in [1.29, 1.82) is 0 Å². The van der Waals surface area contributed by atoms with E-state index < -0.39 is 17.9 Å². The maximum atomic E-state index is 13.6. The van der Waals surface area contributed by atoms with Crippen molar-refractivity contribution in [3.05, 3.63) is 29.6 Å². The van der Waals surface area contributed by atoms with Crippen LogP contribution < -0.4 is 4.74 Å². The summed E-state index contributed by atoms with van der Waals surface area (Å²) in [6.45, 7) is 3.56. The summed E-state index contributed by atoms with van der Waals surface area (Å²) in [4.78, 5) is 11.3. The molecule has 5 heteroatoms. The first-order valence-corrected chi connectivity index (χ1v) is 6.30. The van der Waals surface area contributed by atoms with Crippen molar-refractivity contribution in [3.8, 4) is 5.75 Å². The average molecular weight is 270 g/mol. The van der Waals surface area contributed by atoms with Gasteiger partial charge in [-0.05, 0) is 31.0 Å². The van der Waals surface area contributed by atoms with Crippen LogP contribution in [0.3, 0.4) is 0 Å². The van der Waals surface area contributed by atoms with E-state index in [9.17, 15) is 14.3 Å². The number of benzene rings is 1. The average Bonchev–Trinajstić information content (AvgIpc) is 2.37. The zero-order chi connectivity index (χ0) is 14.3. The van der Waals surface area contributed by atoms with E-state index in [1.54, 1.807) is 13.0 Å². The molecule has 0 aliphatic heterocycles. The van der Waals surface area contributed by atoms with E-state index in [1.165, 1.54) is 12.1 Å². The fraction of sp³-hybridized carbons (Fsp3) is 0.500. The summed E-state index contributed by atoms with van der Waals surface area (Å²) < 4.78 is 23.5. The van der Waals surface area contributed by atoms with Crippen LogP contribution in [0.4, 0.5) is 4.39 Å². The van der Waals surface area contributed by atoms with Crippen molar-refractivity contribution in [2.45, 2.75) is 32.8 Å². The first-order chi connectivity index (χ1) is 9.04. The molecule has 0 radical (unpaired) electrons. The van der Waals surface area contributed by atoms with Crippen molar-refractivity contribution in [2.75, 3.05) is 13.2 Å². The minimum absolute atomic E-state index is 0.0307. The molecular weight excluding hydrogens is 251 g/mol. The van der Waals surface area contributed by atoms with Crippen molar-refractivity contribution in [1.82, 2.24) is 0 Å². The van der Waals surface area contributed by atoms with Crippen molar-refractivity contribution in [2.24, 2.45) is 0 Å². The van der Waals surface area contributed by atoms with Crippen molar-refractivity contribution in [3.63, 3.8) is 0 Å². The van der Waals surface area contributed by atoms with Crippen LogP contribution in [0.15, 0.2) is 18.2 Å². The molecule has 0 aliphatic carbocycles. The Kier molecular flexibility index (Phi) is 6.29. The number of carbonyl (C=O) groups is 1. The highest BCUT2D eigenvalue weighted by Gasteiger charge is 2.10. The Morgan fingerprint density at radius 2 is 2.21 bits per heavy atom. The third-order valence-corrected chi connectivity index (χ3v) is 2.54. The van der Waals surface area contributed by atoms with Gasteiger partial charge in [-0.3, -0.25) is 0 Å². The number of carbonyl (C=O) groups excluding carboxylic acids is 1. The lowest BCUT2D eigenvalue weighted by Gasteiger charge is -2.10. The van der Waals surface area contributed by atoms with Gasteiger partial charge >= 0.3 is 5.97 Å². The smallest absolute Gasteiger partial charge is 0.344 e. The molecule has 0 aromatic heterocycles. The van der Waals surface area contributed by atoms with Crippen molar-refractivity contribution < 1.29 is 23.8 Å². The largest absolute Gasteiger partial charge is 0.479 e. The molecule has 19 heavy (non-hydrogen) atoms. The molecule has 1 rings (SSSR count). The van der Waals surface area contributed by atoms with E-state index in [4.69, 9.17) is 9.47 Å². The lowest BCUT2D eigenvalue weighted by molar-refractivity contribution is -0.146. The van der Waals surface area contributed by atoms with Crippen LogP contribution in [-0.4, -0.2) is 24.3 Å². The Morgan fingerprint density at radius 3 is 2.79 bits per heavy atom. The summed E-state index contributed by atoms with van der Waals surface area (Å²) in [7, 11) is 0. The normalized spacial score (nSPS) is 12.0. The van der Waals surface area contributed by atoms with Crippen LogP contribution in [0.2, 0.25) is 0 Å². The monoisotopic (exact) mass is 270 g/mol. The van der Waals surface area contributed by atoms with Gasteiger partial charge in [-0.15, -0.1) is 0 Å². The Balaban J connectivity index is 2.47. The Hall–Kier alpha value is -1.62. The van der Waals surface area contributed by atoms with E-state index >= 15 is 0 Å². The lowest BCUT2D eigenvalue weighted by atomic mass is 10.1. The number of aliphatic hydroxyl groups is 1. The quantitative estimate of drug-likeness (QED) is 0.611. The highest BCUT2D eigenvalue weighted by atomic mass is 19.1. The second-order valence-electron chi connectivity index (χ2n) is 4.23. The van der Waals surface area contributed by atoms with Crippen LogP contribution in [-0.2, 0) is 9.53 Å². The summed E-state index contributed by atoms with van der Waals surface area (Å²) in [5, 5.41) is 9.30. The van der Waals surface area contributed by atoms with Crippen LogP contribution in [0.25, 0.3) is 0 Å². The molecule has 0 aliphatic rings. The molecule has 106 valence electrons. The van der Waals surface area contributed by atoms with Gasteiger partial charge in [0, 0.05) is 0 Å². The number of ether oxygens (including phenoxy) is 2. The minimum atomic E-state index is -0.748. The molecule has 0 spiro atoms. The van der Waals surface area contributed by atoms with Gasteiger partial charge in [0.25, 0.3) is 0 Å². The SMILES string of the molecule is CCCCOC(=O)COc1ccc([C@@H](C)O)cc1F. The molecule has 4 nitrogen and oxygen atoms in total. The first-order valence-electron chi connectivity index (χ1n) is 6.30. The molecule has 0 unspecified atom stereocenters. The number of hydrogen-bond acceptors (Lipinski definition) is 4. The molecule has 1 aromatic rings. The molecule has 0 bridgehead atoms. The number of rotatable bonds is 7. The van der Waals surface area contributed by atoms with E-state index in [1.807, 2.05) is 6.92 Å². The van der Waals surface area contributed by atoms with E-state index in [2.05, 4.69) is 0 Å². The zero-order valence-electron chi connectivity index (χ0n) is 11.2. The van der Waals surface area contributed by atoms with Gasteiger partial charge in [0.1, 0.15) is 0 Å². The summed E-state index contributed by atoms with van der Waals surface area (Å²) >= 11 is 0. The zero-order valence-corrected chi connectivity index (χ0v) is 11.2. The summed E-state index contributed by atoms with van der Waals surface area (Å²) in [6, 6.07) is 4.12. The van der Waals surface area contributed by atoms with Crippen molar-refractivity contribution >= 4 is 5.97 Å². The molecule has 0 fully saturated rings. The van der Waals surface area contributed by atoms with Gasteiger partial charge in [0.05, 0.1) is 12.7 Å². The van der Waals surface area contributed by atoms with Crippen LogP contribution in [0.1, 0.15) is 38.4 Å². The fourth-order valence-corrected chi connectivity index (χ4v) is 1.40. The molecule has 0 saturated carbocycles. The topological polar surface area (TPSA) is 55.8 Å². The van der Waals surface area contributed by atoms with E-state index in [0.717, 1.165) is 12.8 Å². The highest BCUT2D eigenvalue weighted by Crippen LogP contribution is 2.21. The van der Waals surface area contributed by atoms with Gasteiger partial charge < -0.3 is 14.6 Å². The molecule has 1 atom stereocenters. The first kappa shape index (κ1) is 15.4. The Labute approximate surface area is 112 Å². The maximum absolute atomic E-state index is 13.6. The fourth-order valence-electron chi connectivity index (χ4n) is 1.40. The van der Waals surface area contributed by atoms with E-state index in [0.29, 0.717) is 12.2 Å². The van der Waals surface area contributed by atoms with Gasteiger partial charge in [-0.1, -0.05) is 19.4 Å². The maximum Gasteiger partial charge on any atom is 0.344 e. The van der Waals surface area contributed by atoms with E-state index in [-0.39, 0.29) is 12.4 Å². The van der Waals surface area contributed by atoms with Gasteiger partial charge in [-0.25, -0.2) is 9.18 Å². The van der Waals surface area contributed by atoms with Crippen LogP contribution in [0, 0.1) is 5.82 Å². The van der Waals surface area contributed by atoms with Crippen LogP contribution >= 0.6 is 0 Å². The third kappa shape index (κ3) is 5.26. The lowest BCUT2D eigenvalue weighted by Crippen LogP contribution is -2.16. The molecule has 0 heterocycles. The number of halogens is 1. The minimum Gasteiger partial charge on any atom is -0.479 e. The Morgan fingerprint density at radius 1 is 1.47 bits per heavy atom. The molecule has 1 aromatic carbocycles.